The maximum absolute atomic E-state index is 13.6. The van der Waals surface area contributed by atoms with Gasteiger partial charge in [-0.2, -0.15) is 10.1 Å². The molecule has 34 heavy (non-hydrogen) atoms. The highest BCUT2D eigenvalue weighted by molar-refractivity contribution is 5.97. The van der Waals surface area contributed by atoms with Gasteiger partial charge in [-0.25, -0.2) is 18.3 Å². The Labute approximate surface area is 194 Å². The molecule has 2 aromatic carbocycles. The minimum atomic E-state index is -0.720. The summed E-state index contributed by atoms with van der Waals surface area (Å²) in [5.41, 5.74) is 2.35. The summed E-state index contributed by atoms with van der Waals surface area (Å²) in [4.78, 5) is 31.7. The molecule has 0 bridgehead atoms. The van der Waals surface area contributed by atoms with Crippen LogP contribution >= 0.6 is 0 Å². The fraction of sp³-hybridized carbons (Fsp3) is 0.250. The van der Waals surface area contributed by atoms with E-state index in [1.54, 1.807) is 43.9 Å². The van der Waals surface area contributed by atoms with Crippen LogP contribution in [0.5, 0.6) is 0 Å². The fourth-order valence-electron chi connectivity index (χ4n) is 3.91. The van der Waals surface area contributed by atoms with Gasteiger partial charge in [-0.1, -0.05) is 18.2 Å². The lowest BCUT2D eigenvalue weighted by Gasteiger charge is -2.35. The number of carbonyl (C=O) groups excluding carboxylic acids is 2. The molecular weight excluding hydrogens is 444 g/mol. The molecule has 0 spiro atoms. The van der Waals surface area contributed by atoms with Crippen molar-refractivity contribution >= 4 is 23.5 Å². The number of halogens is 2. The van der Waals surface area contributed by atoms with Crippen molar-refractivity contribution in [1.29, 1.82) is 0 Å². The molecule has 0 fully saturated rings. The molecule has 1 aromatic heterocycles. The number of hydrogen-bond acceptors (Lipinski definition) is 6. The zero-order valence-electron chi connectivity index (χ0n) is 18.9. The highest BCUT2D eigenvalue weighted by Crippen LogP contribution is 2.38. The van der Waals surface area contributed by atoms with Crippen LogP contribution in [-0.2, 0) is 14.3 Å². The molecule has 4 rings (SSSR count). The first-order chi connectivity index (χ1) is 16.3. The van der Waals surface area contributed by atoms with Gasteiger partial charge in [0.15, 0.2) is 0 Å². The van der Waals surface area contributed by atoms with Crippen LogP contribution < -0.4 is 10.2 Å². The third-order valence-corrected chi connectivity index (χ3v) is 5.56. The summed E-state index contributed by atoms with van der Waals surface area (Å²) in [5.74, 6) is -1.58. The van der Waals surface area contributed by atoms with Gasteiger partial charge in [-0.15, -0.1) is 0 Å². The van der Waals surface area contributed by atoms with Crippen molar-refractivity contribution in [3.8, 4) is 0 Å². The predicted molar refractivity (Wildman–Crippen MR) is 121 cm³/mol. The first-order valence-electron chi connectivity index (χ1n) is 10.7. The van der Waals surface area contributed by atoms with E-state index in [9.17, 15) is 18.4 Å². The van der Waals surface area contributed by atoms with Gasteiger partial charge in [0.25, 0.3) is 0 Å². The molecule has 0 radical (unpaired) electrons. The van der Waals surface area contributed by atoms with E-state index in [1.807, 2.05) is 0 Å². The summed E-state index contributed by atoms with van der Waals surface area (Å²) in [5, 5.41) is 6.98. The number of fused-ring (bicyclic) bond motifs is 1. The van der Waals surface area contributed by atoms with Gasteiger partial charge in [0.2, 0.25) is 11.9 Å². The van der Waals surface area contributed by atoms with Crippen LogP contribution in [0.3, 0.4) is 0 Å². The van der Waals surface area contributed by atoms with Crippen molar-refractivity contribution in [2.75, 3.05) is 23.4 Å². The van der Waals surface area contributed by atoms with Crippen LogP contribution in [-0.4, -0.2) is 39.8 Å². The van der Waals surface area contributed by atoms with Crippen molar-refractivity contribution in [3.63, 3.8) is 0 Å². The quantitative estimate of drug-likeness (QED) is 0.556. The number of carbonyl (C=O) groups is 2. The second kappa shape index (κ2) is 9.42. The van der Waals surface area contributed by atoms with Gasteiger partial charge in [0.1, 0.15) is 30.5 Å². The number of nitrogens with one attached hydrogen (secondary N) is 1. The standard InChI is InChI=1S/C24H23F2N5O3/c1-4-34-23(33)21-15(3)30(12-20(32)29-19-11-18(26)8-5-14(19)2)24-27-13-28-31(24)22(21)16-6-9-17(25)10-7-16/h5-11,13,22H,4,12H2,1-3H3,(H,29,32). The predicted octanol–water partition coefficient (Wildman–Crippen LogP) is 3.75. The molecule has 0 saturated carbocycles. The Morgan fingerprint density at radius 3 is 2.50 bits per heavy atom. The zero-order chi connectivity index (χ0) is 24.4. The van der Waals surface area contributed by atoms with E-state index in [1.165, 1.54) is 35.3 Å². The largest absolute Gasteiger partial charge is 0.463 e. The third-order valence-electron chi connectivity index (χ3n) is 5.56. The minimum absolute atomic E-state index is 0.148. The van der Waals surface area contributed by atoms with Gasteiger partial charge >= 0.3 is 5.97 Å². The molecule has 3 aromatic rings. The molecule has 1 amide bonds. The van der Waals surface area contributed by atoms with E-state index >= 15 is 0 Å². The Bertz CT molecular complexity index is 1270. The Balaban J connectivity index is 1.73. The van der Waals surface area contributed by atoms with Gasteiger partial charge in [0, 0.05) is 11.4 Å². The van der Waals surface area contributed by atoms with Crippen molar-refractivity contribution < 1.29 is 23.1 Å². The Morgan fingerprint density at radius 1 is 1.09 bits per heavy atom. The fourth-order valence-corrected chi connectivity index (χ4v) is 3.91. The topological polar surface area (TPSA) is 89.3 Å². The smallest absolute Gasteiger partial charge is 0.338 e. The van der Waals surface area contributed by atoms with Crippen LogP contribution in [0.15, 0.2) is 60.1 Å². The van der Waals surface area contributed by atoms with Gasteiger partial charge < -0.3 is 15.0 Å². The zero-order valence-corrected chi connectivity index (χ0v) is 18.9. The van der Waals surface area contributed by atoms with Gasteiger partial charge in [-0.05, 0) is 56.2 Å². The third kappa shape index (κ3) is 4.39. The molecule has 176 valence electrons. The summed E-state index contributed by atoms with van der Waals surface area (Å²) in [6.45, 7) is 5.07. The number of amides is 1. The molecule has 1 N–H and O–H groups in total. The lowest BCUT2D eigenvalue weighted by Crippen LogP contribution is -2.41. The van der Waals surface area contributed by atoms with E-state index in [2.05, 4.69) is 15.4 Å². The summed E-state index contributed by atoms with van der Waals surface area (Å²) in [7, 11) is 0. The molecule has 0 saturated heterocycles. The summed E-state index contributed by atoms with van der Waals surface area (Å²) >= 11 is 0. The number of aryl methyl sites for hydroxylation is 1. The molecule has 10 heteroatoms. The molecule has 2 heterocycles. The SMILES string of the molecule is CCOC(=O)C1=C(C)N(CC(=O)Nc2cc(F)ccc2C)c2ncnn2C1c1ccc(F)cc1. The van der Waals surface area contributed by atoms with E-state index in [4.69, 9.17) is 4.74 Å². The van der Waals surface area contributed by atoms with Crippen LogP contribution in [0, 0.1) is 18.6 Å². The minimum Gasteiger partial charge on any atom is -0.463 e. The number of nitrogens with zero attached hydrogens (tertiary/aromatic N) is 4. The van der Waals surface area contributed by atoms with Gasteiger partial charge in [-0.3, -0.25) is 4.79 Å². The molecular formula is C24H23F2N5O3. The van der Waals surface area contributed by atoms with E-state index in [0.29, 0.717) is 28.5 Å². The van der Waals surface area contributed by atoms with Crippen molar-refractivity contribution in [3.05, 3.63) is 82.8 Å². The number of rotatable bonds is 6. The lowest BCUT2D eigenvalue weighted by atomic mass is 9.95. The summed E-state index contributed by atoms with van der Waals surface area (Å²) in [6.07, 6.45) is 1.31. The average Bonchev–Trinajstić information content (AvgIpc) is 3.28. The number of benzene rings is 2. The normalized spacial score (nSPS) is 15.2. The average molecular weight is 467 g/mol. The number of aromatic nitrogens is 3. The van der Waals surface area contributed by atoms with E-state index in [-0.39, 0.29) is 18.7 Å². The monoisotopic (exact) mass is 467 g/mol. The van der Waals surface area contributed by atoms with Crippen LogP contribution in [0.1, 0.15) is 31.0 Å². The lowest BCUT2D eigenvalue weighted by molar-refractivity contribution is -0.139. The Hall–Kier alpha value is -4.08. The number of allylic oxidation sites excluding steroid dienone is 1. The molecule has 0 aliphatic carbocycles. The van der Waals surface area contributed by atoms with Crippen molar-refractivity contribution in [2.24, 2.45) is 0 Å². The van der Waals surface area contributed by atoms with Crippen LogP contribution in [0.25, 0.3) is 0 Å². The molecule has 1 atom stereocenters. The highest BCUT2D eigenvalue weighted by Gasteiger charge is 2.38. The summed E-state index contributed by atoms with van der Waals surface area (Å²) in [6, 6.07) is 9.12. The first kappa shape index (κ1) is 23.1. The number of anilines is 2. The van der Waals surface area contributed by atoms with E-state index < -0.39 is 29.6 Å². The molecule has 1 aliphatic heterocycles. The van der Waals surface area contributed by atoms with Gasteiger partial charge in [0.05, 0.1) is 12.2 Å². The number of esters is 1. The van der Waals surface area contributed by atoms with Crippen LogP contribution in [0.2, 0.25) is 0 Å². The van der Waals surface area contributed by atoms with Crippen LogP contribution in [0.4, 0.5) is 20.4 Å². The Morgan fingerprint density at radius 2 is 1.79 bits per heavy atom. The molecule has 1 aliphatic rings. The summed E-state index contributed by atoms with van der Waals surface area (Å²) < 4.78 is 34.0. The second-order valence-electron chi connectivity index (χ2n) is 7.77. The second-order valence-corrected chi connectivity index (χ2v) is 7.77. The maximum Gasteiger partial charge on any atom is 0.338 e. The van der Waals surface area contributed by atoms with Crippen molar-refractivity contribution in [1.82, 2.24) is 14.8 Å². The first-order valence-corrected chi connectivity index (χ1v) is 10.7. The highest BCUT2D eigenvalue weighted by atomic mass is 19.1. The molecule has 1 unspecified atom stereocenters. The maximum atomic E-state index is 13.6. The number of hydrogen-bond donors (Lipinski definition) is 1. The van der Waals surface area contributed by atoms with E-state index in [0.717, 1.165) is 0 Å². The Kier molecular flexibility index (Phi) is 6.40. The number of ether oxygens (including phenoxy) is 1. The van der Waals surface area contributed by atoms with Crippen molar-refractivity contribution in [2.45, 2.75) is 26.8 Å². The molecule has 8 nitrogen and oxygen atoms in total.